The molecule has 0 aromatic heterocycles. The molecule has 0 aromatic rings. The van der Waals surface area contributed by atoms with E-state index in [1.807, 2.05) is 0 Å². The summed E-state index contributed by atoms with van der Waals surface area (Å²) in [7, 11) is -4.41. The number of hydrogen-bond acceptors (Lipinski definition) is 5. The molecule has 16 heavy (non-hydrogen) atoms. The van der Waals surface area contributed by atoms with Gasteiger partial charge in [-0.2, -0.15) is 0 Å². The first-order valence-corrected chi connectivity index (χ1v) is 6.28. The molecule has 0 amide bonds. The zero-order valence-electron chi connectivity index (χ0n) is 9.38. The van der Waals surface area contributed by atoms with Crippen molar-refractivity contribution in [1.82, 2.24) is 0 Å². The number of allylic oxidation sites excluding steroid dienone is 1. The van der Waals surface area contributed by atoms with Crippen LogP contribution in [0.1, 0.15) is 20.3 Å². The van der Waals surface area contributed by atoms with Crippen LogP contribution in [-0.2, 0) is 13.6 Å². The molecule has 0 aliphatic heterocycles. The van der Waals surface area contributed by atoms with Crippen molar-refractivity contribution in [3.8, 4) is 0 Å². The Morgan fingerprint density at radius 3 is 2.81 bits per heavy atom. The highest BCUT2D eigenvalue weighted by molar-refractivity contribution is 7.45. The minimum Gasteiger partial charge on any atom is -0.756 e. The van der Waals surface area contributed by atoms with Crippen LogP contribution in [0.5, 0.6) is 0 Å². The average Bonchev–Trinajstić information content (AvgIpc) is 2.24. The van der Waals surface area contributed by atoms with Crippen molar-refractivity contribution in [1.29, 1.82) is 0 Å². The summed E-state index contributed by atoms with van der Waals surface area (Å²) >= 11 is 0. The van der Waals surface area contributed by atoms with Crippen LogP contribution in [-0.4, -0.2) is 17.8 Å². The summed E-state index contributed by atoms with van der Waals surface area (Å²) in [4.78, 5) is 11.3. The number of aliphatic hydroxyl groups excluding tert-OH is 1. The van der Waals surface area contributed by atoms with E-state index in [1.165, 1.54) is 12.2 Å². The molecule has 0 rings (SSSR count). The molecule has 92 valence electrons. The Morgan fingerprint density at radius 1 is 1.75 bits per heavy atom. The molecule has 6 heteroatoms. The first-order chi connectivity index (χ1) is 7.46. The number of aliphatic hydroxyl groups is 1. The van der Waals surface area contributed by atoms with Crippen molar-refractivity contribution in [3.63, 3.8) is 0 Å². The fourth-order valence-electron chi connectivity index (χ4n) is 0.824. The molecule has 0 radical (unpaired) electrons. The lowest BCUT2D eigenvalue weighted by molar-refractivity contribution is -0.227. The standard InChI is InChI=1S/C10H17O5P/c1-4-7-10(9(11)6-3)15-16(12,13)14-8-5-2/h4,7,10-11H,3,5,8H2,1-2H3,(H,12,13)/p-1/b7-4+. The maximum atomic E-state index is 11.3. The van der Waals surface area contributed by atoms with Crippen molar-refractivity contribution in [2.75, 3.05) is 6.61 Å². The maximum Gasteiger partial charge on any atom is 0.268 e. The minimum absolute atomic E-state index is 0.0436. The largest absolute Gasteiger partial charge is 0.756 e. The summed E-state index contributed by atoms with van der Waals surface area (Å²) < 4.78 is 20.4. The topological polar surface area (TPSA) is 78.8 Å². The number of rotatable bonds is 7. The summed E-state index contributed by atoms with van der Waals surface area (Å²) in [6.07, 6.45) is 2.31. The predicted molar refractivity (Wildman–Crippen MR) is 58.8 cm³/mol. The third kappa shape index (κ3) is 5.91. The smallest absolute Gasteiger partial charge is 0.268 e. The molecule has 0 saturated heterocycles. The highest BCUT2D eigenvalue weighted by atomic mass is 31.2. The molecule has 5 nitrogen and oxygen atoms in total. The summed E-state index contributed by atoms with van der Waals surface area (Å²) in [6.45, 7) is 6.67. The van der Waals surface area contributed by atoms with E-state index in [1.54, 1.807) is 13.8 Å². The van der Waals surface area contributed by atoms with Gasteiger partial charge in [0.05, 0.1) is 6.61 Å². The van der Waals surface area contributed by atoms with E-state index in [0.717, 1.165) is 0 Å². The lowest BCUT2D eigenvalue weighted by Crippen LogP contribution is -2.18. The van der Waals surface area contributed by atoms with Crippen LogP contribution in [0.25, 0.3) is 0 Å². The first kappa shape index (κ1) is 15.2. The molecule has 1 N–H and O–H groups in total. The summed E-state index contributed by atoms with van der Waals surface area (Å²) in [5.41, 5.74) is 2.16. The van der Waals surface area contributed by atoms with Crippen LogP contribution >= 0.6 is 7.82 Å². The molecular weight excluding hydrogens is 231 g/mol. The Labute approximate surface area is 95.3 Å². The van der Waals surface area contributed by atoms with Gasteiger partial charge in [0.2, 0.25) is 0 Å². The molecule has 2 atom stereocenters. The molecular formula is C10H16O5P-. The minimum atomic E-state index is -4.41. The van der Waals surface area contributed by atoms with E-state index in [4.69, 9.17) is 0 Å². The van der Waals surface area contributed by atoms with Crippen molar-refractivity contribution >= 4 is 7.82 Å². The van der Waals surface area contributed by atoms with Gasteiger partial charge < -0.3 is 19.0 Å². The zero-order chi connectivity index (χ0) is 12.6. The van der Waals surface area contributed by atoms with Crippen LogP contribution in [0.2, 0.25) is 0 Å². The Bertz CT molecular complexity index is 330. The fraction of sp³-hybridized carbons (Fsp3) is 0.500. The molecule has 0 saturated carbocycles. The normalized spacial score (nSPS) is 16.7. The third-order valence-electron chi connectivity index (χ3n) is 1.51. The molecule has 0 aliphatic rings. The van der Waals surface area contributed by atoms with Gasteiger partial charge in [0.15, 0.2) is 5.76 Å². The number of phosphoric acid groups is 1. The summed E-state index contributed by atoms with van der Waals surface area (Å²) in [5.74, 6) is -0.408. The quantitative estimate of drug-likeness (QED) is 0.322. The van der Waals surface area contributed by atoms with Crippen molar-refractivity contribution in [2.45, 2.75) is 26.4 Å². The van der Waals surface area contributed by atoms with Crippen molar-refractivity contribution < 1.29 is 23.6 Å². The second-order valence-corrected chi connectivity index (χ2v) is 4.26. The molecule has 0 bridgehead atoms. The third-order valence-corrected chi connectivity index (χ3v) is 2.50. The Hall–Kier alpha value is -0.830. The van der Waals surface area contributed by atoms with E-state index < -0.39 is 19.7 Å². The van der Waals surface area contributed by atoms with Crippen molar-refractivity contribution in [3.05, 3.63) is 30.2 Å². The predicted octanol–water partition coefficient (Wildman–Crippen LogP) is 2.07. The van der Waals surface area contributed by atoms with Gasteiger partial charge in [-0.25, -0.2) is 0 Å². The Kier molecular flexibility index (Phi) is 7.06. The van der Waals surface area contributed by atoms with E-state index >= 15 is 0 Å². The molecule has 0 heterocycles. The lowest BCUT2D eigenvalue weighted by atomic mass is 10.3. The maximum absolute atomic E-state index is 11.3. The number of phosphoric ester groups is 1. The lowest BCUT2D eigenvalue weighted by Gasteiger charge is -2.25. The highest BCUT2D eigenvalue weighted by Crippen LogP contribution is 2.41. The fourth-order valence-corrected chi connectivity index (χ4v) is 1.74. The van der Waals surface area contributed by atoms with Gasteiger partial charge in [-0.1, -0.05) is 31.4 Å². The van der Waals surface area contributed by atoms with Crippen molar-refractivity contribution in [2.24, 2.45) is 0 Å². The van der Waals surface area contributed by atoms with Crippen LogP contribution in [0.15, 0.2) is 30.2 Å². The number of hydrogen-bond donors (Lipinski definition) is 1. The van der Waals surface area contributed by atoms with E-state index in [2.05, 4.69) is 21.4 Å². The van der Waals surface area contributed by atoms with E-state index in [-0.39, 0.29) is 6.61 Å². The summed E-state index contributed by atoms with van der Waals surface area (Å²) in [6, 6.07) is 0. The zero-order valence-corrected chi connectivity index (χ0v) is 10.3. The Morgan fingerprint density at radius 2 is 2.38 bits per heavy atom. The Balaban J connectivity index is 4.62. The van der Waals surface area contributed by atoms with Gasteiger partial charge in [0, 0.05) is 0 Å². The van der Waals surface area contributed by atoms with Gasteiger partial charge in [0.1, 0.15) is 6.10 Å². The van der Waals surface area contributed by atoms with E-state index in [9.17, 15) is 14.6 Å². The molecule has 0 aromatic carbocycles. The average molecular weight is 247 g/mol. The van der Waals surface area contributed by atoms with Crippen LogP contribution < -0.4 is 4.89 Å². The second-order valence-electron chi connectivity index (χ2n) is 2.89. The van der Waals surface area contributed by atoms with Crippen LogP contribution in [0.4, 0.5) is 0 Å². The highest BCUT2D eigenvalue weighted by Gasteiger charge is 2.18. The van der Waals surface area contributed by atoms with Crippen LogP contribution in [0.3, 0.4) is 0 Å². The van der Waals surface area contributed by atoms with Gasteiger partial charge in [-0.3, -0.25) is 4.57 Å². The summed E-state index contributed by atoms with van der Waals surface area (Å²) in [5, 5.41) is 9.29. The van der Waals surface area contributed by atoms with Gasteiger partial charge in [-0.05, 0) is 13.3 Å². The molecule has 0 fully saturated rings. The SMILES string of the molecule is C=C=C(O)C(/C=C/C)OP(=O)([O-])OCCC. The van der Waals surface area contributed by atoms with Crippen LogP contribution in [0, 0.1) is 0 Å². The molecule has 0 spiro atoms. The monoisotopic (exact) mass is 247 g/mol. The van der Waals surface area contributed by atoms with Gasteiger partial charge >= 0.3 is 0 Å². The second kappa shape index (κ2) is 7.44. The molecule has 2 unspecified atom stereocenters. The van der Waals surface area contributed by atoms with E-state index in [0.29, 0.717) is 6.42 Å². The van der Waals surface area contributed by atoms with Gasteiger partial charge in [0.25, 0.3) is 7.82 Å². The first-order valence-electron chi connectivity index (χ1n) is 4.82. The van der Waals surface area contributed by atoms with Gasteiger partial charge in [-0.15, -0.1) is 0 Å². The molecule has 0 aliphatic carbocycles.